The lowest BCUT2D eigenvalue weighted by Gasteiger charge is -2.54. The van der Waals surface area contributed by atoms with Crippen molar-refractivity contribution < 1.29 is 14.3 Å². The Morgan fingerprint density at radius 2 is 2.00 bits per heavy atom. The van der Waals surface area contributed by atoms with E-state index in [1.165, 1.54) is 7.11 Å². The van der Waals surface area contributed by atoms with Crippen LogP contribution in [-0.4, -0.2) is 46.9 Å². The average Bonchev–Trinajstić information content (AvgIpc) is 2.96. The van der Waals surface area contributed by atoms with Crippen molar-refractivity contribution in [1.82, 2.24) is 14.9 Å². The minimum atomic E-state index is -0.565. The van der Waals surface area contributed by atoms with Crippen molar-refractivity contribution in [2.75, 3.05) is 20.2 Å². The SMILES string of the molecule is COC(=O)[C@@]12CN(C(=O)c3cccc4nccnc34)C[C@@H]1C(C)(C)C2. The molecule has 1 aliphatic carbocycles. The second-order valence-electron chi connectivity index (χ2n) is 7.78. The summed E-state index contributed by atoms with van der Waals surface area (Å²) in [6.45, 7) is 5.27. The standard InChI is InChI=1S/C19H21N3O3/c1-18(2)10-19(17(24)25-3)11-22(9-14(18)19)16(23)12-5-4-6-13-15(12)21-8-7-20-13/h4-8,14H,9-11H2,1-3H3/t14-,19+/m1/s1. The van der Waals surface area contributed by atoms with Crippen molar-refractivity contribution in [3.8, 4) is 0 Å². The predicted molar refractivity (Wildman–Crippen MR) is 91.8 cm³/mol. The number of carbonyl (C=O) groups is 2. The zero-order valence-electron chi connectivity index (χ0n) is 14.7. The van der Waals surface area contributed by atoms with Crippen molar-refractivity contribution in [3.05, 3.63) is 36.2 Å². The number of likely N-dealkylation sites (tertiary alicyclic amines) is 1. The van der Waals surface area contributed by atoms with Crippen LogP contribution in [0.15, 0.2) is 30.6 Å². The van der Waals surface area contributed by atoms with Gasteiger partial charge in [0.05, 0.1) is 23.6 Å². The van der Waals surface area contributed by atoms with Crippen LogP contribution in [0.1, 0.15) is 30.6 Å². The Balaban J connectivity index is 1.69. The Labute approximate surface area is 146 Å². The fourth-order valence-corrected chi connectivity index (χ4v) is 4.86. The molecule has 1 aliphatic heterocycles. The summed E-state index contributed by atoms with van der Waals surface area (Å²) in [5.41, 5.74) is 1.29. The van der Waals surface area contributed by atoms with E-state index in [1.54, 1.807) is 23.4 Å². The van der Waals surface area contributed by atoms with Gasteiger partial charge in [-0.05, 0) is 29.9 Å². The first kappa shape index (κ1) is 16.0. The Kier molecular flexibility index (Phi) is 3.36. The summed E-state index contributed by atoms with van der Waals surface area (Å²) < 4.78 is 5.06. The summed E-state index contributed by atoms with van der Waals surface area (Å²) in [4.78, 5) is 35.9. The molecule has 1 aromatic carbocycles. The maximum Gasteiger partial charge on any atom is 0.314 e. The van der Waals surface area contributed by atoms with E-state index in [0.29, 0.717) is 29.7 Å². The molecule has 0 N–H and O–H groups in total. The largest absolute Gasteiger partial charge is 0.469 e. The number of benzene rings is 1. The highest BCUT2D eigenvalue weighted by Gasteiger charge is 2.68. The highest BCUT2D eigenvalue weighted by atomic mass is 16.5. The van der Waals surface area contributed by atoms with Gasteiger partial charge in [-0.1, -0.05) is 19.9 Å². The average molecular weight is 339 g/mol. The number of methoxy groups -OCH3 is 1. The monoisotopic (exact) mass is 339 g/mol. The Morgan fingerprint density at radius 3 is 2.72 bits per heavy atom. The van der Waals surface area contributed by atoms with Crippen molar-refractivity contribution in [2.24, 2.45) is 16.7 Å². The molecule has 0 spiro atoms. The molecular formula is C19H21N3O3. The topological polar surface area (TPSA) is 72.4 Å². The molecule has 6 heteroatoms. The summed E-state index contributed by atoms with van der Waals surface area (Å²) in [7, 11) is 1.42. The predicted octanol–water partition coefficient (Wildman–Crippen LogP) is 2.29. The smallest absolute Gasteiger partial charge is 0.314 e. The lowest BCUT2D eigenvalue weighted by Crippen LogP contribution is -2.57. The minimum Gasteiger partial charge on any atom is -0.469 e. The van der Waals surface area contributed by atoms with Crippen LogP contribution in [0.4, 0.5) is 0 Å². The van der Waals surface area contributed by atoms with E-state index in [1.807, 2.05) is 12.1 Å². The lowest BCUT2D eigenvalue weighted by molar-refractivity contribution is -0.174. The second kappa shape index (κ2) is 5.25. The van der Waals surface area contributed by atoms with Crippen LogP contribution in [0.25, 0.3) is 11.0 Å². The molecule has 2 atom stereocenters. The normalized spacial score (nSPS) is 26.8. The van der Waals surface area contributed by atoms with Crippen LogP contribution in [0, 0.1) is 16.7 Å². The van der Waals surface area contributed by atoms with Gasteiger partial charge in [-0.3, -0.25) is 19.6 Å². The lowest BCUT2D eigenvalue weighted by atomic mass is 9.48. The fraction of sp³-hybridized carbons (Fsp3) is 0.474. The molecule has 1 saturated heterocycles. The van der Waals surface area contributed by atoms with E-state index in [-0.39, 0.29) is 23.2 Å². The van der Waals surface area contributed by atoms with E-state index in [4.69, 9.17) is 4.74 Å². The van der Waals surface area contributed by atoms with Crippen molar-refractivity contribution in [3.63, 3.8) is 0 Å². The highest BCUT2D eigenvalue weighted by Crippen LogP contribution is 2.63. The summed E-state index contributed by atoms with van der Waals surface area (Å²) >= 11 is 0. The Morgan fingerprint density at radius 1 is 1.24 bits per heavy atom. The minimum absolute atomic E-state index is 0.0295. The van der Waals surface area contributed by atoms with Gasteiger partial charge in [0, 0.05) is 25.5 Å². The quantitative estimate of drug-likeness (QED) is 0.785. The molecule has 0 radical (unpaired) electrons. The molecule has 4 rings (SSSR count). The molecule has 2 aliphatic rings. The number of amides is 1. The van der Waals surface area contributed by atoms with E-state index in [0.717, 1.165) is 6.42 Å². The molecule has 1 amide bonds. The van der Waals surface area contributed by atoms with E-state index in [9.17, 15) is 9.59 Å². The number of nitrogens with zero attached hydrogens (tertiary/aromatic N) is 3. The second-order valence-corrected chi connectivity index (χ2v) is 7.78. The van der Waals surface area contributed by atoms with E-state index in [2.05, 4.69) is 23.8 Å². The number of aromatic nitrogens is 2. The van der Waals surface area contributed by atoms with Gasteiger partial charge in [0.1, 0.15) is 5.52 Å². The number of rotatable bonds is 2. The molecule has 1 aromatic heterocycles. The zero-order chi connectivity index (χ0) is 17.8. The van der Waals surface area contributed by atoms with Gasteiger partial charge in [-0.25, -0.2) is 0 Å². The number of carbonyl (C=O) groups excluding carboxylic acids is 2. The molecule has 2 fully saturated rings. The third-order valence-corrected chi connectivity index (χ3v) is 5.87. The third-order valence-electron chi connectivity index (χ3n) is 5.87. The van der Waals surface area contributed by atoms with Crippen LogP contribution >= 0.6 is 0 Å². The number of esters is 1. The van der Waals surface area contributed by atoms with Gasteiger partial charge in [-0.2, -0.15) is 0 Å². The van der Waals surface area contributed by atoms with E-state index >= 15 is 0 Å². The molecule has 0 bridgehead atoms. The first-order chi connectivity index (χ1) is 11.9. The van der Waals surface area contributed by atoms with Gasteiger partial charge >= 0.3 is 5.97 Å². The molecule has 0 unspecified atom stereocenters. The highest BCUT2D eigenvalue weighted by molar-refractivity contribution is 6.05. The van der Waals surface area contributed by atoms with Crippen LogP contribution in [0.2, 0.25) is 0 Å². The van der Waals surface area contributed by atoms with Crippen LogP contribution in [-0.2, 0) is 9.53 Å². The zero-order valence-corrected chi connectivity index (χ0v) is 14.7. The van der Waals surface area contributed by atoms with Crippen molar-refractivity contribution >= 4 is 22.9 Å². The number of fused-ring (bicyclic) bond motifs is 2. The van der Waals surface area contributed by atoms with Gasteiger partial charge in [-0.15, -0.1) is 0 Å². The molecule has 2 heterocycles. The summed E-state index contributed by atoms with van der Waals surface area (Å²) in [5.74, 6) is -0.179. The molecular weight excluding hydrogens is 318 g/mol. The fourth-order valence-electron chi connectivity index (χ4n) is 4.86. The Bertz CT molecular complexity index is 874. The summed E-state index contributed by atoms with van der Waals surface area (Å²) in [5, 5.41) is 0. The van der Waals surface area contributed by atoms with Gasteiger partial charge in [0.2, 0.25) is 0 Å². The summed E-state index contributed by atoms with van der Waals surface area (Å²) in [6, 6.07) is 5.43. The number of ether oxygens (including phenoxy) is 1. The molecule has 6 nitrogen and oxygen atoms in total. The molecule has 130 valence electrons. The van der Waals surface area contributed by atoms with Crippen molar-refractivity contribution in [1.29, 1.82) is 0 Å². The third kappa shape index (κ3) is 2.16. The maximum absolute atomic E-state index is 13.2. The Hall–Kier alpha value is -2.50. The molecule has 2 aromatic rings. The number of para-hydroxylation sites is 1. The van der Waals surface area contributed by atoms with Gasteiger partial charge in [0.15, 0.2) is 0 Å². The maximum atomic E-state index is 13.2. The van der Waals surface area contributed by atoms with Crippen LogP contribution in [0.3, 0.4) is 0 Å². The van der Waals surface area contributed by atoms with Gasteiger partial charge in [0.25, 0.3) is 5.91 Å². The van der Waals surface area contributed by atoms with Crippen LogP contribution in [0.5, 0.6) is 0 Å². The first-order valence-corrected chi connectivity index (χ1v) is 8.46. The number of hydrogen-bond donors (Lipinski definition) is 0. The van der Waals surface area contributed by atoms with Crippen molar-refractivity contribution in [2.45, 2.75) is 20.3 Å². The molecule has 1 saturated carbocycles. The van der Waals surface area contributed by atoms with E-state index < -0.39 is 5.41 Å². The number of hydrogen-bond acceptors (Lipinski definition) is 5. The summed E-state index contributed by atoms with van der Waals surface area (Å²) in [6.07, 6.45) is 3.95. The molecule has 25 heavy (non-hydrogen) atoms. The first-order valence-electron chi connectivity index (χ1n) is 8.46. The van der Waals surface area contributed by atoms with Gasteiger partial charge < -0.3 is 9.64 Å². The van der Waals surface area contributed by atoms with Crippen LogP contribution < -0.4 is 0 Å².